The Morgan fingerprint density at radius 1 is 1.22 bits per heavy atom. The average Bonchev–Trinajstić information content (AvgIpc) is 2.99. The summed E-state index contributed by atoms with van der Waals surface area (Å²) in [4.78, 5) is 12.6. The summed E-state index contributed by atoms with van der Waals surface area (Å²) in [5, 5.41) is 6.33. The number of halogens is 2. The Balaban J connectivity index is 1.79. The van der Waals surface area contributed by atoms with Crippen molar-refractivity contribution in [3.63, 3.8) is 0 Å². The number of ether oxygens (including phenoxy) is 1. The highest BCUT2D eigenvalue weighted by molar-refractivity contribution is 9.10. The van der Waals surface area contributed by atoms with Gasteiger partial charge in [0.05, 0.1) is 11.3 Å². The van der Waals surface area contributed by atoms with Gasteiger partial charge in [0.2, 0.25) is 0 Å². The van der Waals surface area contributed by atoms with E-state index in [4.69, 9.17) is 9.26 Å². The van der Waals surface area contributed by atoms with Crippen molar-refractivity contribution in [2.75, 3.05) is 5.32 Å². The Bertz CT molecular complexity index is 1000. The van der Waals surface area contributed by atoms with Crippen LogP contribution in [0.15, 0.2) is 45.4 Å². The van der Waals surface area contributed by atoms with Crippen molar-refractivity contribution >= 4 is 27.5 Å². The summed E-state index contributed by atoms with van der Waals surface area (Å²) >= 11 is 3.18. The number of aryl methyl sites for hydroxylation is 3. The zero-order valence-electron chi connectivity index (χ0n) is 15.1. The molecule has 0 atom stereocenters. The van der Waals surface area contributed by atoms with Crippen LogP contribution in [-0.4, -0.2) is 11.1 Å². The molecule has 0 fully saturated rings. The summed E-state index contributed by atoms with van der Waals surface area (Å²) < 4.78 is 25.6. The van der Waals surface area contributed by atoms with Crippen LogP contribution in [0.2, 0.25) is 0 Å². The Morgan fingerprint density at radius 2 is 2.00 bits per heavy atom. The number of anilines is 1. The molecular weight excluding hydrogens is 415 g/mol. The van der Waals surface area contributed by atoms with Crippen LogP contribution in [0.1, 0.15) is 32.9 Å². The molecule has 0 bridgehead atoms. The molecule has 0 aliphatic carbocycles. The molecule has 0 spiro atoms. The number of nitrogens with zero attached hydrogens (tertiary/aromatic N) is 1. The standard InChI is InChI=1S/C20H18BrFN2O3/c1-11-4-5-12(2)18(8-11)26-10-15-13(3)27-24-19(15)20(25)23-17-7-6-14(21)9-16(17)22/h4-9H,10H2,1-3H3,(H,23,25). The van der Waals surface area contributed by atoms with Gasteiger partial charge in [-0.3, -0.25) is 4.79 Å². The SMILES string of the molecule is Cc1ccc(C)c(OCc2c(C(=O)Nc3ccc(Br)cc3F)noc2C)c1. The van der Waals surface area contributed by atoms with Gasteiger partial charge in [-0.25, -0.2) is 4.39 Å². The molecule has 27 heavy (non-hydrogen) atoms. The third-order valence-corrected chi connectivity index (χ3v) is 4.59. The minimum Gasteiger partial charge on any atom is -0.488 e. The Morgan fingerprint density at radius 3 is 2.74 bits per heavy atom. The lowest BCUT2D eigenvalue weighted by Gasteiger charge is -2.10. The van der Waals surface area contributed by atoms with E-state index in [1.54, 1.807) is 13.0 Å². The number of hydrogen-bond donors (Lipinski definition) is 1. The van der Waals surface area contributed by atoms with Crippen molar-refractivity contribution in [1.29, 1.82) is 0 Å². The summed E-state index contributed by atoms with van der Waals surface area (Å²) in [5.41, 5.74) is 2.70. The number of aromatic nitrogens is 1. The molecule has 0 aliphatic heterocycles. The van der Waals surface area contributed by atoms with Crippen molar-refractivity contribution in [3.05, 3.63) is 74.8 Å². The first kappa shape index (κ1) is 19.1. The van der Waals surface area contributed by atoms with E-state index in [0.29, 0.717) is 15.8 Å². The monoisotopic (exact) mass is 432 g/mol. The van der Waals surface area contributed by atoms with Crippen LogP contribution in [0, 0.1) is 26.6 Å². The second kappa shape index (κ2) is 7.92. The normalized spacial score (nSPS) is 10.7. The summed E-state index contributed by atoms with van der Waals surface area (Å²) in [6, 6.07) is 10.3. The molecule has 140 valence electrons. The van der Waals surface area contributed by atoms with E-state index in [1.165, 1.54) is 12.1 Å². The lowest BCUT2D eigenvalue weighted by Crippen LogP contribution is -2.16. The minimum absolute atomic E-state index is 0.0604. The van der Waals surface area contributed by atoms with Gasteiger partial charge in [-0.1, -0.05) is 33.2 Å². The van der Waals surface area contributed by atoms with Crippen LogP contribution in [0.25, 0.3) is 0 Å². The van der Waals surface area contributed by atoms with Crippen LogP contribution in [-0.2, 0) is 6.61 Å². The largest absolute Gasteiger partial charge is 0.488 e. The fraction of sp³-hybridized carbons (Fsp3) is 0.200. The third kappa shape index (κ3) is 4.36. The average molecular weight is 433 g/mol. The number of carbonyl (C=O) groups is 1. The summed E-state index contributed by atoms with van der Waals surface area (Å²) in [7, 11) is 0. The quantitative estimate of drug-likeness (QED) is 0.591. The molecule has 0 unspecified atom stereocenters. The van der Waals surface area contributed by atoms with Crippen molar-refractivity contribution in [3.8, 4) is 5.75 Å². The summed E-state index contributed by atoms with van der Waals surface area (Å²) in [6.45, 7) is 5.73. The van der Waals surface area contributed by atoms with Gasteiger partial charge in [0.1, 0.15) is 23.9 Å². The second-order valence-electron chi connectivity index (χ2n) is 6.20. The molecule has 1 aromatic heterocycles. The van der Waals surface area contributed by atoms with E-state index in [1.807, 2.05) is 32.0 Å². The fourth-order valence-corrected chi connectivity index (χ4v) is 2.86. The molecule has 1 amide bonds. The van der Waals surface area contributed by atoms with E-state index in [0.717, 1.165) is 16.9 Å². The molecule has 3 rings (SSSR count). The van der Waals surface area contributed by atoms with Crippen LogP contribution in [0.3, 0.4) is 0 Å². The molecule has 0 radical (unpaired) electrons. The van der Waals surface area contributed by atoms with E-state index in [-0.39, 0.29) is 18.0 Å². The predicted octanol–water partition coefficient (Wildman–Crippen LogP) is 5.33. The van der Waals surface area contributed by atoms with Gasteiger partial charge in [-0.2, -0.15) is 0 Å². The maximum absolute atomic E-state index is 14.0. The molecule has 2 aromatic carbocycles. The number of amides is 1. The Labute approximate surface area is 164 Å². The zero-order valence-corrected chi connectivity index (χ0v) is 16.7. The first-order valence-corrected chi connectivity index (χ1v) is 9.06. The van der Waals surface area contributed by atoms with Gasteiger partial charge in [0.25, 0.3) is 5.91 Å². The van der Waals surface area contributed by atoms with E-state index >= 15 is 0 Å². The first-order valence-electron chi connectivity index (χ1n) is 8.26. The lowest BCUT2D eigenvalue weighted by molar-refractivity contribution is 0.101. The van der Waals surface area contributed by atoms with E-state index < -0.39 is 11.7 Å². The maximum Gasteiger partial charge on any atom is 0.278 e. The smallest absolute Gasteiger partial charge is 0.278 e. The maximum atomic E-state index is 14.0. The van der Waals surface area contributed by atoms with E-state index in [9.17, 15) is 9.18 Å². The number of rotatable bonds is 5. The topological polar surface area (TPSA) is 64.4 Å². The highest BCUT2D eigenvalue weighted by Crippen LogP contribution is 2.24. The number of nitrogens with one attached hydrogen (secondary N) is 1. The van der Waals surface area contributed by atoms with Crippen LogP contribution in [0.4, 0.5) is 10.1 Å². The molecule has 0 saturated heterocycles. The van der Waals surface area contributed by atoms with Gasteiger partial charge in [-0.05, 0) is 56.2 Å². The molecule has 3 aromatic rings. The second-order valence-corrected chi connectivity index (χ2v) is 7.12. The van der Waals surface area contributed by atoms with Gasteiger partial charge in [0.15, 0.2) is 5.69 Å². The minimum atomic E-state index is -0.562. The first-order chi connectivity index (χ1) is 12.8. The van der Waals surface area contributed by atoms with Crippen LogP contribution < -0.4 is 10.1 Å². The number of hydrogen-bond acceptors (Lipinski definition) is 4. The molecule has 7 heteroatoms. The zero-order chi connectivity index (χ0) is 19.6. The Kier molecular flexibility index (Phi) is 5.60. The summed E-state index contributed by atoms with van der Waals surface area (Å²) in [5.74, 6) is 0.0846. The summed E-state index contributed by atoms with van der Waals surface area (Å²) in [6.07, 6.45) is 0. The van der Waals surface area contributed by atoms with Gasteiger partial charge in [-0.15, -0.1) is 0 Å². The molecule has 5 nitrogen and oxygen atoms in total. The van der Waals surface area contributed by atoms with Gasteiger partial charge < -0.3 is 14.6 Å². The van der Waals surface area contributed by atoms with Crippen LogP contribution >= 0.6 is 15.9 Å². The van der Waals surface area contributed by atoms with Gasteiger partial charge in [0, 0.05) is 4.47 Å². The molecule has 0 aliphatic rings. The van der Waals surface area contributed by atoms with Crippen LogP contribution in [0.5, 0.6) is 5.75 Å². The van der Waals surface area contributed by atoms with Gasteiger partial charge >= 0.3 is 0 Å². The third-order valence-electron chi connectivity index (χ3n) is 4.09. The molecule has 1 N–H and O–H groups in total. The molecule has 1 heterocycles. The number of carbonyl (C=O) groups excluding carboxylic acids is 1. The van der Waals surface area contributed by atoms with Crippen molar-refractivity contribution in [2.45, 2.75) is 27.4 Å². The predicted molar refractivity (Wildman–Crippen MR) is 104 cm³/mol. The van der Waals surface area contributed by atoms with Crippen molar-refractivity contribution < 1.29 is 18.4 Å². The fourth-order valence-electron chi connectivity index (χ4n) is 2.52. The molecule has 0 saturated carbocycles. The Hall–Kier alpha value is -2.67. The molecular formula is C20H18BrFN2O3. The number of benzene rings is 2. The highest BCUT2D eigenvalue weighted by Gasteiger charge is 2.21. The van der Waals surface area contributed by atoms with Crippen molar-refractivity contribution in [1.82, 2.24) is 5.16 Å². The lowest BCUT2D eigenvalue weighted by atomic mass is 10.1. The van der Waals surface area contributed by atoms with E-state index in [2.05, 4.69) is 26.4 Å². The highest BCUT2D eigenvalue weighted by atomic mass is 79.9. The van der Waals surface area contributed by atoms with Crippen molar-refractivity contribution in [2.24, 2.45) is 0 Å².